The summed E-state index contributed by atoms with van der Waals surface area (Å²) in [6.07, 6.45) is -1.06. The number of ether oxygens (including phenoxy) is 1. The van der Waals surface area contributed by atoms with E-state index in [-0.39, 0.29) is 17.6 Å². The van der Waals surface area contributed by atoms with E-state index in [0.29, 0.717) is 12.0 Å². The summed E-state index contributed by atoms with van der Waals surface area (Å²) >= 11 is 3.40. The third kappa shape index (κ3) is 4.13. The lowest BCUT2D eigenvalue weighted by Gasteiger charge is -2.23. The first-order chi connectivity index (χ1) is 13.8. The molecule has 0 spiro atoms. The number of nitrogens with zero attached hydrogens (tertiary/aromatic N) is 3. The highest BCUT2D eigenvalue weighted by molar-refractivity contribution is 9.10. The first kappa shape index (κ1) is 19.8. The fourth-order valence-electron chi connectivity index (χ4n) is 3.24. The number of fused-ring (bicyclic) bond motifs is 1. The van der Waals surface area contributed by atoms with Crippen LogP contribution >= 0.6 is 15.9 Å². The maximum atomic E-state index is 12.8. The average Bonchev–Trinajstić information content (AvgIpc) is 3.07. The van der Waals surface area contributed by atoms with Gasteiger partial charge < -0.3 is 10.1 Å². The fraction of sp³-hybridized carbons (Fsp3) is 0.316. The number of alkyl halides is 3. The molecule has 1 N–H and O–H groups in total. The smallest absolute Gasteiger partial charge is 0.356 e. The lowest BCUT2D eigenvalue weighted by molar-refractivity contribution is -0.141. The molecule has 1 amide bonds. The maximum Gasteiger partial charge on any atom is 0.433 e. The zero-order valence-electron chi connectivity index (χ0n) is 15.0. The summed E-state index contributed by atoms with van der Waals surface area (Å²) in [5.41, 5.74) is 0.0318. The lowest BCUT2D eigenvalue weighted by Crippen LogP contribution is -2.20. The molecular weight excluding hydrogens is 453 g/mol. The molecule has 1 aliphatic rings. The monoisotopic (exact) mass is 468 g/mol. The number of pyridine rings is 1. The second-order valence-corrected chi connectivity index (χ2v) is 7.58. The zero-order chi connectivity index (χ0) is 20.6. The van der Waals surface area contributed by atoms with Crippen molar-refractivity contribution in [2.75, 3.05) is 11.9 Å². The SMILES string of the molecule is O=C(Nc1ccc(C(F)(F)F)nc1)c1nn(C2CCCCO2)c2ccc(Br)cc12. The van der Waals surface area contributed by atoms with Gasteiger partial charge in [-0.15, -0.1) is 0 Å². The molecule has 1 unspecified atom stereocenters. The van der Waals surface area contributed by atoms with Gasteiger partial charge in [0.2, 0.25) is 0 Å². The van der Waals surface area contributed by atoms with Crippen molar-refractivity contribution in [2.45, 2.75) is 31.7 Å². The Labute approximate surface area is 172 Å². The van der Waals surface area contributed by atoms with Crippen LogP contribution in [0.15, 0.2) is 41.0 Å². The number of halogens is 4. The van der Waals surface area contributed by atoms with Gasteiger partial charge in [0.25, 0.3) is 5.91 Å². The van der Waals surface area contributed by atoms with Crippen LogP contribution in [0.5, 0.6) is 0 Å². The van der Waals surface area contributed by atoms with Crippen molar-refractivity contribution in [3.8, 4) is 0 Å². The number of anilines is 1. The first-order valence-corrected chi connectivity index (χ1v) is 9.76. The Morgan fingerprint density at radius 3 is 2.72 bits per heavy atom. The number of amides is 1. The standard InChI is InChI=1S/C19H16BrF3N4O2/c20-11-4-6-14-13(9-11)17(26-27(14)16-3-1-2-8-29-16)18(28)25-12-5-7-15(24-10-12)19(21,22)23/h4-7,9-10,16H,1-3,8H2,(H,25,28). The van der Waals surface area contributed by atoms with Crippen molar-refractivity contribution in [2.24, 2.45) is 0 Å². The number of hydrogen-bond donors (Lipinski definition) is 1. The molecule has 1 fully saturated rings. The Morgan fingerprint density at radius 1 is 1.24 bits per heavy atom. The molecule has 4 rings (SSSR count). The first-order valence-electron chi connectivity index (χ1n) is 8.97. The van der Waals surface area contributed by atoms with Gasteiger partial charge in [-0.2, -0.15) is 18.3 Å². The molecule has 152 valence electrons. The van der Waals surface area contributed by atoms with Crippen LogP contribution in [0, 0.1) is 0 Å². The van der Waals surface area contributed by atoms with E-state index in [0.717, 1.165) is 47.6 Å². The highest BCUT2D eigenvalue weighted by Crippen LogP contribution is 2.31. The van der Waals surface area contributed by atoms with E-state index < -0.39 is 17.8 Å². The number of hydrogen-bond acceptors (Lipinski definition) is 4. The summed E-state index contributed by atoms with van der Waals surface area (Å²) < 4.78 is 46.3. The Bertz CT molecular complexity index is 1040. The normalized spacial score (nSPS) is 17.4. The van der Waals surface area contributed by atoms with Crippen LogP contribution in [0.4, 0.5) is 18.9 Å². The minimum absolute atomic E-state index is 0.148. The number of benzene rings is 1. The highest BCUT2D eigenvalue weighted by atomic mass is 79.9. The summed E-state index contributed by atoms with van der Waals surface area (Å²) in [5, 5.41) is 7.65. The van der Waals surface area contributed by atoms with E-state index in [9.17, 15) is 18.0 Å². The summed E-state index contributed by atoms with van der Waals surface area (Å²) in [4.78, 5) is 16.2. The number of nitrogens with one attached hydrogen (secondary N) is 1. The molecule has 2 aromatic heterocycles. The van der Waals surface area contributed by atoms with Gasteiger partial charge in [-0.25, -0.2) is 9.67 Å². The Balaban J connectivity index is 1.65. The second kappa shape index (κ2) is 7.75. The predicted octanol–water partition coefficient (Wildman–Crippen LogP) is 5.16. The molecule has 1 aromatic carbocycles. The molecule has 1 atom stereocenters. The van der Waals surface area contributed by atoms with Gasteiger partial charge in [-0.1, -0.05) is 15.9 Å². The molecule has 6 nitrogen and oxygen atoms in total. The second-order valence-electron chi connectivity index (χ2n) is 6.66. The topological polar surface area (TPSA) is 69.0 Å². The largest absolute Gasteiger partial charge is 0.433 e. The number of rotatable bonds is 3. The van der Waals surface area contributed by atoms with Gasteiger partial charge in [0.15, 0.2) is 11.9 Å². The summed E-state index contributed by atoms with van der Waals surface area (Å²) in [5.74, 6) is -0.538. The summed E-state index contributed by atoms with van der Waals surface area (Å²) in [7, 11) is 0. The van der Waals surface area contributed by atoms with Crippen molar-refractivity contribution in [1.82, 2.24) is 14.8 Å². The van der Waals surface area contributed by atoms with Crippen LogP contribution in [0.3, 0.4) is 0 Å². The lowest BCUT2D eigenvalue weighted by atomic mass is 10.1. The van der Waals surface area contributed by atoms with Gasteiger partial charge >= 0.3 is 6.18 Å². The van der Waals surface area contributed by atoms with Crippen molar-refractivity contribution in [1.29, 1.82) is 0 Å². The van der Waals surface area contributed by atoms with E-state index in [1.807, 2.05) is 12.1 Å². The molecule has 0 saturated carbocycles. The van der Waals surface area contributed by atoms with Crippen LogP contribution < -0.4 is 5.32 Å². The number of aromatic nitrogens is 3. The number of carbonyl (C=O) groups is 1. The van der Waals surface area contributed by atoms with Crippen LogP contribution in [0.25, 0.3) is 10.9 Å². The number of carbonyl (C=O) groups excluding carboxylic acids is 1. The summed E-state index contributed by atoms with van der Waals surface area (Å²) in [6.45, 7) is 0.626. The Hall–Kier alpha value is -2.46. The predicted molar refractivity (Wildman–Crippen MR) is 103 cm³/mol. The van der Waals surface area contributed by atoms with Crippen molar-refractivity contribution < 1.29 is 22.7 Å². The van der Waals surface area contributed by atoms with Gasteiger partial charge in [0, 0.05) is 16.5 Å². The average molecular weight is 469 g/mol. The van der Waals surface area contributed by atoms with E-state index in [1.165, 1.54) is 0 Å². The molecule has 3 heterocycles. The third-order valence-corrected chi connectivity index (χ3v) is 5.12. The highest BCUT2D eigenvalue weighted by Gasteiger charge is 2.32. The molecule has 1 saturated heterocycles. The van der Waals surface area contributed by atoms with Crippen LogP contribution in [-0.2, 0) is 10.9 Å². The van der Waals surface area contributed by atoms with E-state index in [2.05, 4.69) is 31.3 Å². The Kier molecular flexibility index (Phi) is 5.30. The van der Waals surface area contributed by atoms with Gasteiger partial charge in [0.1, 0.15) is 5.69 Å². The minimum Gasteiger partial charge on any atom is -0.356 e. The maximum absolute atomic E-state index is 12.8. The van der Waals surface area contributed by atoms with E-state index in [1.54, 1.807) is 10.7 Å². The summed E-state index contributed by atoms with van der Waals surface area (Å²) in [6, 6.07) is 7.46. The molecule has 29 heavy (non-hydrogen) atoms. The van der Waals surface area contributed by atoms with Crippen molar-refractivity contribution in [3.05, 3.63) is 52.4 Å². The third-order valence-electron chi connectivity index (χ3n) is 4.62. The van der Waals surface area contributed by atoms with E-state index in [4.69, 9.17) is 4.74 Å². The van der Waals surface area contributed by atoms with Gasteiger partial charge in [-0.3, -0.25) is 4.79 Å². The Morgan fingerprint density at radius 2 is 2.07 bits per heavy atom. The molecule has 1 aliphatic heterocycles. The molecule has 10 heteroatoms. The van der Waals surface area contributed by atoms with Gasteiger partial charge in [-0.05, 0) is 49.6 Å². The quantitative estimate of drug-likeness (QED) is 0.575. The zero-order valence-corrected chi connectivity index (χ0v) is 16.6. The molecule has 0 aliphatic carbocycles. The molecule has 0 radical (unpaired) electrons. The molecular formula is C19H16BrF3N4O2. The van der Waals surface area contributed by atoms with E-state index >= 15 is 0 Å². The van der Waals surface area contributed by atoms with Crippen LogP contribution in [0.1, 0.15) is 41.7 Å². The van der Waals surface area contributed by atoms with Crippen LogP contribution in [-0.4, -0.2) is 27.3 Å². The fourth-order valence-corrected chi connectivity index (χ4v) is 3.60. The molecule has 0 bridgehead atoms. The minimum atomic E-state index is -4.54. The van der Waals surface area contributed by atoms with Crippen molar-refractivity contribution in [3.63, 3.8) is 0 Å². The van der Waals surface area contributed by atoms with Gasteiger partial charge in [0.05, 0.1) is 17.4 Å². The van der Waals surface area contributed by atoms with Crippen LogP contribution in [0.2, 0.25) is 0 Å². The van der Waals surface area contributed by atoms with Crippen molar-refractivity contribution >= 4 is 38.4 Å². The molecule has 3 aromatic rings.